The SMILES string of the molecule is CN=C(NCc1ccc(F)cc1CSC)NCC1CCN(CCOC)CC1.I. The summed E-state index contributed by atoms with van der Waals surface area (Å²) in [5.74, 6) is 2.10. The maximum atomic E-state index is 13.5. The quantitative estimate of drug-likeness (QED) is 0.295. The van der Waals surface area contributed by atoms with Crippen LogP contribution >= 0.6 is 35.7 Å². The number of benzene rings is 1. The highest BCUT2D eigenvalue weighted by Gasteiger charge is 2.19. The van der Waals surface area contributed by atoms with Crippen molar-refractivity contribution in [1.29, 1.82) is 0 Å². The summed E-state index contributed by atoms with van der Waals surface area (Å²) in [6.45, 7) is 5.67. The van der Waals surface area contributed by atoms with Crippen LogP contribution in [-0.2, 0) is 17.0 Å². The Kier molecular flexibility index (Phi) is 13.1. The van der Waals surface area contributed by atoms with Crippen LogP contribution in [0.2, 0.25) is 0 Å². The fourth-order valence-corrected chi connectivity index (χ4v) is 3.91. The second kappa shape index (κ2) is 14.4. The monoisotopic (exact) mass is 524 g/mol. The third kappa shape index (κ3) is 8.84. The maximum Gasteiger partial charge on any atom is 0.191 e. The lowest BCUT2D eigenvalue weighted by molar-refractivity contribution is 0.121. The summed E-state index contributed by atoms with van der Waals surface area (Å²) in [7, 11) is 3.54. The second-order valence-corrected chi connectivity index (χ2v) is 7.80. The number of halogens is 2. The van der Waals surface area contributed by atoms with Gasteiger partial charge < -0.3 is 20.3 Å². The van der Waals surface area contributed by atoms with Gasteiger partial charge in [0, 0.05) is 39.5 Å². The van der Waals surface area contributed by atoms with Crippen LogP contribution in [0.25, 0.3) is 0 Å². The van der Waals surface area contributed by atoms with Gasteiger partial charge in [0.1, 0.15) is 5.82 Å². The molecule has 1 heterocycles. The van der Waals surface area contributed by atoms with Gasteiger partial charge in [-0.1, -0.05) is 6.07 Å². The molecule has 0 amide bonds. The number of thioether (sulfide) groups is 1. The highest BCUT2D eigenvalue weighted by atomic mass is 127. The van der Waals surface area contributed by atoms with Gasteiger partial charge in [0.05, 0.1) is 6.61 Å². The average molecular weight is 524 g/mol. The number of rotatable bonds is 9. The summed E-state index contributed by atoms with van der Waals surface area (Å²) in [4.78, 5) is 6.79. The Balaban J connectivity index is 0.00000392. The van der Waals surface area contributed by atoms with E-state index in [1.165, 1.54) is 18.9 Å². The molecule has 1 aliphatic rings. The minimum Gasteiger partial charge on any atom is -0.383 e. The molecule has 0 aliphatic carbocycles. The summed E-state index contributed by atoms with van der Waals surface area (Å²) >= 11 is 1.70. The van der Waals surface area contributed by atoms with E-state index in [9.17, 15) is 4.39 Å². The van der Waals surface area contributed by atoms with Crippen molar-refractivity contribution in [2.45, 2.75) is 25.1 Å². The van der Waals surface area contributed by atoms with E-state index in [-0.39, 0.29) is 29.8 Å². The molecule has 5 nitrogen and oxygen atoms in total. The van der Waals surface area contributed by atoms with Crippen molar-refractivity contribution in [1.82, 2.24) is 15.5 Å². The predicted molar refractivity (Wildman–Crippen MR) is 128 cm³/mol. The van der Waals surface area contributed by atoms with E-state index in [1.54, 1.807) is 32.0 Å². The van der Waals surface area contributed by atoms with Gasteiger partial charge in [-0.05, 0) is 61.4 Å². The molecule has 1 aromatic carbocycles. The first-order chi connectivity index (χ1) is 13.2. The van der Waals surface area contributed by atoms with Crippen molar-refractivity contribution in [3.63, 3.8) is 0 Å². The second-order valence-electron chi connectivity index (χ2n) is 6.93. The van der Waals surface area contributed by atoms with E-state index >= 15 is 0 Å². The molecule has 0 atom stereocenters. The summed E-state index contributed by atoms with van der Waals surface area (Å²) in [5, 5.41) is 6.81. The number of nitrogens with zero attached hydrogens (tertiary/aromatic N) is 2. The summed E-state index contributed by atoms with van der Waals surface area (Å²) in [5.41, 5.74) is 2.15. The number of aliphatic imine (C=N–C) groups is 1. The van der Waals surface area contributed by atoms with E-state index in [0.717, 1.165) is 55.6 Å². The van der Waals surface area contributed by atoms with Crippen molar-refractivity contribution >= 4 is 41.7 Å². The minimum absolute atomic E-state index is 0. The van der Waals surface area contributed by atoms with Crippen LogP contribution in [0.5, 0.6) is 0 Å². The predicted octanol–water partition coefficient (Wildman–Crippen LogP) is 3.33. The number of hydrogen-bond acceptors (Lipinski definition) is 4. The van der Waals surface area contributed by atoms with E-state index in [4.69, 9.17) is 4.74 Å². The van der Waals surface area contributed by atoms with Gasteiger partial charge in [0.15, 0.2) is 5.96 Å². The largest absolute Gasteiger partial charge is 0.383 e. The number of nitrogens with one attached hydrogen (secondary N) is 2. The average Bonchev–Trinajstić information content (AvgIpc) is 2.69. The van der Waals surface area contributed by atoms with Crippen LogP contribution in [-0.4, -0.2) is 64.1 Å². The Morgan fingerprint density at radius 3 is 2.68 bits per heavy atom. The van der Waals surface area contributed by atoms with Gasteiger partial charge in [-0.3, -0.25) is 4.99 Å². The van der Waals surface area contributed by atoms with Crippen molar-refractivity contribution in [3.05, 3.63) is 35.1 Å². The van der Waals surface area contributed by atoms with E-state index in [1.807, 2.05) is 12.3 Å². The zero-order valence-corrected chi connectivity index (χ0v) is 20.3. The molecule has 0 aromatic heterocycles. The number of ether oxygens (including phenoxy) is 1. The molecular weight excluding hydrogens is 490 g/mol. The van der Waals surface area contributed by atoms with E-state index in [2.05, 4.69) is 20.5 Å². The molecule has 1 aliphatic heterocycles. The van der Waals surface area contributed by atoms with Gasteiger partial charge in [0.2, 0.25) is 0 Å². The molecule has 2 rings (SSSR count). The van der Waals surface area contributed by atoms with Crippen LogP contribution in [0.3, 0.4) is 0 Å². The highest BCUT2D eigenvalue weighted by molar-refractivity contribution is 14.0. The van der Waals surface area contributed by atoms with Gasteiger partial charge in [-0.25, -0.2) is 4.39 Å². The molecule has 2 N–H and O–H groups in total. The molecule has 28 heavy (non-hydrogen) atoms. The smallest absolute Gasteiger partial charge is 0.191 e. The molecule has 0 radical (unpaired) electrons. The van der Waals surface area contributed by atoms with Gasteiger partial charge >= 0.3 is 0 Å². The standard InChI is InChI=1S/C20H33FN4OS.HI/c1-22-20(23-13-16-6-8-25(9-7-16)10-11-26-2)24-14-17-4-5-19(21)12-18(17)15-27-3;/h4-5,12,16H,6-11,13-15H2,1-3H3,(H2,22,23,24);1H. The molecule has 0 bridgehead atoms. The van der Waals surface area contributed by atoms with Crippen LogP contribution < -0.4 is 10.6 Å². The van der Waals surface area contributed by atoms with Crippen LogP contribution in [0.1, 0.15) is 24.0 Å². The molecule has 0 unspecified atom stereocenters. The molecule has 0 spiro atoms. The van der Waals surface area contributed by atoms with Crippen LogP contribution in [0.15, 0.2) is 23.2 Å². The van der Waals surface area contributed by atoms with E-state index < -0.39 is 0 Å². The lowest BCUT2D eigenvalue weighted by Crippen LogP contribution is -2.43. The van der Waals surface area contributed by atoms with Gasteiger partial charge in [-0.15, -0.1) is 24.0 Å². The first-order valence-corrected chi connectivity index (χ1v) is 11.0. The number of hydrogen-bond donors (Lipinski definition) is 2. The zero-order valence-electron chi connectivity index (χ0n) is 17.2. The number of likely N-dealkylation sites (tertiary alicyclic amines) is 1. The Morgan fingerprint density at radius 2 is 2.04 bits per heavy atom. The maximum absolute atomic E-state index is 13.5. The Hall–Kier alpha value is -0.580. The molecule has 160 valence electrons. The van der Waals surface area contributed by atoms with E-state index in [0.29, 0.717) is 12.5 Å². The van der Waals surface area contributed by atoms with Gasteiger partial charge in [-0.2, -0.15) is 11.8 Å². The third-order valence-corrected chi connectivity index (χ3v) is 5.61. The highest BCUT2D eigenvalue weighted by Crippen LogP contribution is 2.17. The third-order valence-electron chi connectivity index (χ3n) is 5.02. The normalized spacial score (nSPS) is 15.9. The zero-order chi connectivity index (χ0) is 19.5. The first kappa shape index (κ1) is 25.5. The first-order valence-electron chi connectivity index (χ1n) is 9.58. The minimum atomic E-state index is -0.179. The topological polar surface area (TPSA) is 48.9 Å². The van der Waals surface area contributed by atoms with Crippen molar-refractivity contribution in [3.8, 4) is 0 Å². The Labute approximate surface area is 190 Å². The van der Waals surface area contributed by atoms with Crippen molar-refractivity contribution in [2.75, 3.05) is 53.2 Å². The summed E-state index contributed by atoms with van der Waals surface area (Å²) in [6.07, 6.45) is 4.43. The lowest BCUT2D eigenvalue weighted by Gasteiger charge is -2.32. The lowest BCUT2D eigenvalue weighted by atomic mass is 9.97. The number of piperidine rings is 1. The summed E-state index contributed by atoms with van der Waals surface area (Å²) < 4.78 is 18.6. The molecule has 1 fully saturated rings. The Morgan fingerprint density at radius 1 is 1.29 bits per heavy atom. The fraction of sp³-hybridized carbons (Fsp3) is 0.650. The Bertz CT molecular complexity index is 598. The van der Waals surface area contributed by atoms with Gasteiger partial charge in [0.25, 0.3) is 0 Å². The fourth-order valence-electron chi connectivity index (χ4n) is 3.33. The van der Waals surface area contributed by atoms with Crippen molar-refractivity contribution < 1.29 is 9.13 Å². The molecule has 1 aromatic rings. The number of guanidine groups is 1. The summed E-state index contributed by atoms with van der Waals surface area (Å²) in [6, 6.07) is 5.01. The van der Waals surface area contributed by atoms with Crippen LogP contribution in [0, 0.1) is 11.7 Å². The molecule has 8 heteroatoms. The number of methoxy groups -OCH3 is 1. The van der Waals surface area contributed by atoms with Crippen molar-refractivity contribution in [2.24, 2.45) is 10.9 Å². The molecular formula is C20H34FIN4OS. The van der Waals surface area contributed by atoms with Crippen LogP contribution in [0.4, 0.5) is 4.39 Å². The molecule has 1 saturated heterocycles. The molecule has 0 saturated carbocycles.